The number of likely N-dealkylation sites (tertiary alicyclic amines) is 1. The molecule has 276 valence electrons. The predicted molar refractivity (Wildman–Crippen MR) is 194 cm³/mol. The summed E-state index contributed by atoms with van der Waals surface area (Å²) in [6.45, 7) is 0.468. The summed E-state index contributed by atoms with van der Waals surface area (Å²) in [6, 6.07) is -0.0354. The Bertz CT molecular complexity index is 1160. The molecule has 1 aliphatic heterocycles. The summed E-state index contributed by atoms with van der Waals surface area (Å²) in [5.74, 6) is 1.66. The first-order chi connectivity index (χ1) is 24.0. The SMILES string of the molecule is O=C(O[C@@H]1C[C@@H]2C[C@H]1CN2C(=O)O)c1c(C23CCCCCCCCCCCCCCCCCCCCCCC(CC2)CC3)noc1C1CC1. The maximum absolute atomic E-state index is 14.2. The van der Waals surface area contributed by atoms with Crippen LogP contribution in [0.2, 0.25) is 0 Å². The molecule has 0 aromatic carbocycles. The average Bonchev–Trinajstić information content (AvgIpc) is 3.51. The molecule has 6 fully saturated rings. The van der Waals surface area contributed by atoms with Crippen LogP contribution in [-0.4, -0.2) is 45.9 Å². The highest BCUT2D eigenvalue weighted by molar-refractivity contribution is 5.92. The van der Waals surface area contributed by atoms with Crippen molar-refractivity contribution in [1.29, 1.82) is 0 Å². The third kappa shape index (κ3) is 10.1. The molecular formula is C42H68N2O5. The number of aromatic nitrogens is 1. The molecule has 2 heterocycles. The van der Waals surface area contributed by atoms with E-state index >= 15 is 0 Å². The van der Waals surface area contributed by atoms with Gasteiger partial charge in [0.2, 0.25) is 0 Å². The number of fused-ring (bicyclic) bond motifs is 25. The first kappa shape index (κ1) is 36.7. The molecular weight excluding hydrogens is 612 g/mol. The summed E-state index contributed by atoms with van der Waals surface area (Å²) in [6.07, 6.45) is 37.1. The second-order valence-corrected chi connectivity index (χ2v) is 17.1. The smallest absolute Gasteiger partial charge is 0.407 e. The van der Waals surface area contributed by atoms with E-state index in [0.29, 0.717) is 18.5 Å². The molecule has 49 heavy (non-hydrogen) atoms. The highest BCUT2D eigenvalue weighted by Crippen LogP contribution is 2.51. The molecule has 1 amide bonds. The molecule has 0 unspecified atom stereocenters. The van der Waals surface area contributed by atoms with Gasteiger partial charge in [0.05, 0.1) is 0 Å². The summed E-state index contributed by atoms with van der Waals surface area (Å²) < 4.78 is 12.4. The van der Waals surface area contributed by atoms with Gasteiger partial charge in [-0.15, -0.1) is 0 Å². The molecule has 7 heteroatoms. The number of hydrogen-bond donors (Lipinski definition) is 1. The minimum atomic E-state index is -0.858. The molecule has 5 saturated carbocycles. The number of carboxylic acid groups (broad SMARTS) is 1. The van der Waals surface area contributed by atoms with Gasteiger partial charge in [0, 0.05) is 36.3 Å². The molecule has 7 rings (SSSR count). The quantitative estimate of drug-likeness (QED) is 0.318. The van der Waals surface area contributed by atoms with Crippen LogP contribution in [0.4, 0.5) is 4.79 Å². The van der Waals surface area contributed by atoms with Crippen LogP contribution in [0.3, 0.4) is 0 Å². The lowest BCUT2D eigenvalue weighted by Gasteiger charge is -2.40. The average molecular weight is 681 g/mol. The number of esters is 1. The molecule has 1 N–H and O–H groups in total. The van der Waals surface area contributed by atoms with Gasteiger partial charge in [-0.1, -0.05) is 140 Å². The fourth-order valence-electron chi connectivity index (χ4n) is 10.2. The summed E-state index contributed by atoms with van der Waals surface area (Å²) >= 11 is 0. The fraction of sp³-hybridized carbons (Fsp3) is 0.881. The van der Waals surface area contributed by atoms with Crippen LogP contribution in [0.15, 0.2) is 4.52 Å². The van der Waals surface area contributed by atoms with E-state index in [1.54, 1.807) is 0 Å². The molecule has 3 atom stereocenters. The molecule has 4 bridgehead atoms. The molecule has 1 aromatic rings. The van der Waals surface area contributed by atoms with Gasteiger partial charge in [-0.05, 0) is 57.3 Å². The zero-order valence-electron chi connectivity index (χ0n) is 30.8. The van der Waals surface area contributed by atoms with Gasteiger partial charge in [-0.2, -0.15) is 0 Å². The Kier molecular flexibility index (Phi) is 13.8. The number of ether oxygens (including phenoxy) is 1. The van der Waals surface area contributed by atoms with E-state index in [-0.39, 0.29) is 35.4 Å². The Labute approximate surface area is 297 Å². The largest absolute Gasteiger partial charge is 0.465 e. The van der Waals surface area contributed by atoms with Gasteiger partial charge < -0.3 is 19.3 Å². The minimum Gasteiger partial charge on any atom is -0.465 e. The van der Waals surface area contributed by atoms with Crippen LogP contribution in [0.5, 0.6) is 0 Å². The summed E-state index contributed by atoms with van der Waals surface area (Å²) in [7, 11) is 0. The number of nitrogens with zero attached hydrogens (tertiary/aromatic N) is 2. The lowest BCUT2D eigenvalue weighted by molar-refractivity contribution is 0.00814. The van der Waals surface area contributed by atoms with E-state index in [0.717, 1.165) is 55.9 Å². The van der Waals surface area contributed by atoms with Gasteiger partial charge in [0.1, 0.15) is 17.4 Å². The van der Waals surface area contributed by atoms with E-state index in [2.05, 4.69) is 0 Å². The topological polar surface area (TPSA) is 92.9 Å². The first-order valence-corrected chi connectivity index (χ1v) is 21.2. The van der Waals surface area contributed by atoms with Gasteiger partial charge in [-0.25, -0.2) is 9.59 Å². The number of piperidine rings is 1. The van der Waals surface area contributed by atoms with E-state index in [9.17, 15) is 14.7 Å². The Morgan fingerprint density at radius 2 is 1.20 bits per heavy atom. The van der Waals surface area contributed by atoms with Crippen molar-refractivity contribution in [2.75, 3.05) is 6.54 Å². The molecule has 5 aliphatic carbocycles. The van der Waals surface area contributed by atoms with Gasteiger partial charge in [0.25, 0.3) is 0 Å². The standard InChI is InChI=1S/C42H68N2O5/c45-40(48-36-30-35-29-34(36)31-44(35)41(46)47)37-38(33-22-23-33)49-43-39(37)42-26-20-18-16-14-12-10-8-6-4-2-1-3-5-7-9-11-13-15-17-19-21-32(24-27-42)25-28-42/h32-36H,1-31H2,(H,46,47)/t32?,34-,35-,36+,42?/m0/s1. The van der Waals surface area contributed by atoms with Crippen LogP contribution in [0.25, 0.3) is 0 Å². The highest BCUT2D eigenvalue weighted by atomic mass is 16.5. The summed E-state index contributed by atoms with van der Waals surface area (Å²) in [5, 5.41) is 14.4. The lowest BCUT2D eigenvalue weighted by Crippen LogP contribution is -2.42. The van der Waals surface area contributed by atoms with Gasteiger partial charge >= 0.3 is 12.1 Å². The molecule has 0 radical (unpaired) electrons. The molecule has 1 aromatic heterocycles. The minimum absolute atomic E-state index is 0.0354. The highest BCUT2D eigenvalue weighted by Gasteiger charge is 2.50. The van der Waals surface area contributed by atoms with E-state index in [1.165, 1.54) is 153 Å². The monoisotopic (exact) mass is 681 g/mol. The van der Waals surface area contributed by atoms with Crippen LogP contribution in [0.1, 0.15) is 220 Å². The van der Waals surface area contributed by atoms with Crippen molar-refractivity contribution in [3.05, 3.63) is 17.0 Å². The Hall–Kier alpha value is -2.05. The number of hydrogen-bond acceptors (Lipinski definition) is 5. The number of carbonyl (C=O) groups excluding carboxylic acids is 1. The van der Waals surface area contributed by atoms with Gasteiger partial charge in [0.15, 0.2) is 5.76 Å². The van der Waals surface area contributed by atoms with Crippen molar-refractivity contribution in [1.82, 2.24) is 10.1 Å². The normalized spacial score (nSPS) is 32.2. The van der Waals surface area contributed by atoms with Crippen molar-refractivity contribution in [2.24, 2.45) is 11.8 Å². The lowest BCUT2D eigenvalue weighted by atomic mass is 9.64. The van der Waals surface area contributed by atoms with Crippen LogP contribution < -0.4 is 0 Å². The predicted octanol–water partition coefficient (Wildman–Crippen LogP) is 11.9. The third-order valence-electron chi connectivity index (χ3n) is 13.4. The molecule has 6 aliphatic rings. The Morgan fingerprint density at radius 1 is 0.673 bits per heavy atom. The van der Waals surface area contributed by atoms with Crippen molar-refractivity contribution in [3.63, 3.8) is 0 Å². The third-order valence-corrected chi connectivity index (χ3v) is 13.4. The van der Waals surface area contributed by atoms with E-state index < -0.39 is 6.09 Å². The van der Waals surface area contributed by atoms with Crippen molar-refractivity contribution in [3.8, 4) is 0 Å². The van der Waals surface area contributed by atoms with E-state index in [1.807, 2.05) is 0 Å². The maximum atomic E-state index is 14.2. The fourth-order valence-corrected chi connectivity index (χ4v) is 10.2. The van der Waals surface area contributed by atoms with Crippen LogP contribution >= 0.6 is 0 Å². The second-order valence-electron chi connectivity index (χ2n) is 17.1. The second kappa shape index (κ2) is 18.4. The van der Waals surface area contributed by atoms with Crippen LogP contribution in [-0.2, 0) is 10.2 Å². The number of carbonyl (C=O) groups is 2. The first-order valence-electron chi connectivity index (χ1n) is 21.2. The van der Waals surface area contributed by atoms with Crippen LogP contribution in [0, 0.1) is 11.8 Å². The zero-order valence-corrected chi connectivity index (χ0v) is 30.8. The number of rotatable bonds is 4. The van der Waals surface area contributed by atoms with Crippen molar-refractivity contribution in [2.45, 2.75) is 216 Å². The van der Waals surface area contributed by atoms with Crippen molar-refractivity contribution >= 4 is 12.1 Å². The molecule has 7 nitrogen and oxygen atoms in total. The van der Waals surface area contributed by atoms with E-state index in [4.69, 9.17) is 14.4 Å². The molecule has 1 saturated heterocycles. The Morgan fingerprint density at radius 3 is 1.69 bits per heavy atom. The zero-order chi connectivity index (χ0) is 33.9. The summed E-state index contributed by atoms with van der Waals surface area (Å²) in [4.78, 5) is 27.3. The van der Waals surface area contributed by atoms with Gasteiger partial charge in [-0.3, -0.25) is 0 Å². The summed E-state index contributed by atoms with van der Waals surface area (Å²) in [5.41, 5.74) is 1.45. The molecule has 0 spiro atoms. The van der Waals surface area contributed by atoms with Crippen molar-refractivity contribution < 1.29 is 24.0 Å². The number of amides is 1. The maximum Gasteiger partial charge on any atom is 0.407 e. The Balaban J connectivity index is 1.10.